The number of rotatable bonds is 0. The maximum atomic E-state index is 4.39. The van der Waals surface area contributed by atoms with Crippen molar-refractivity contribution < 1.29 is 0 Å². The summed E-state index contributed by atoms with van der Waals surface area (Å²) >= 11 is 0. The maximum absolute atomic E-state index is 4.39. The van der Waals surface area contributed by atoms with Crippen molar-refractivity contribution in [1.29, 1.82) is 0 Å². The van der Waals surface area contributed by atoms with Crippen molar-refractivity contribution in [3.63, 3.8) is 0 Å². The van der Waals surface area contributed by atoms with Crippen LogP contribution in [0.3, 0.4) is 0 Å². The number of aryl methyl sites for hydroxylation is 1. The van der Waals surface area contributed by atoms with Gasteiger partial charge >= 0.3 is 0 Å². The molecule has 0 radical (unpaired) electrons. The normalized spacial score (nSPS) is 27.0. The first-order valence-electron chi connectivity index (χ1n) is 8.29. The van der Waals surface area contributed by atoms with Gasteiger partial charge in [-0.1, -0.05) is 31.1 Å². The number of pyridine rings is 1. The minimum Gasteiger partial charge on any atom is -0.336 e. The van der Waals surface area contributed by atoms with E-state index in [0.29, 0.717) is 12.0 Å². The first-order chi connectivity index (χ1) is 10.4. The van der Waals surface area contributed by atoms with Crippen LogP contribution in [0, 0.1) is 5.92 Å². The molecular formula is C19H20N2. The van der Waals surface area contributed by atoms with Crippen LogP contribution in [0.15, 0.2) is 36.7 Å². The third-order valence-corrected chi connectivity index (χ3v) is 5.58. The Bertz CT molecular complexity index is 778. The van der Waals surface area contributed by atoms with E-state index in [-0.39, 0.29) is 0 Å². The zero-order chi connectivity index (χ0) is 13.8. The Morgan fingerprint density at radius 3 is 3.14 bits per heavy atom. The molecular weight excluding hydrogens is 256 g/mol. The lowest BCUT2D eigenvalue weighted by molar-refractivity contribution is 0.290. The molecule has 0 amide bonds. The smallest absolute Gasteiger partial charge is 0.0524 e. The van der Waals surface area contributed by atoms with Crippen molar-refractivity contribution in [3.8, 4) is 0 Å². The third-order valence-electron chi connectivity index (χ3n) is 5.58. The van der Waals surface area contributed by atoms with E-state index in [2.05, 4.69) is 40.0 Å². The van der Waals surface area contributed by atoms with Crippen LogP contribution in [0.25, 0.3) is 16.5 Å². The highest BCUT2D eigenvalue weighted by Gasteiger charge is 2.32. The molecule has 1 aliphatic heterocycles. The first-order valence-corrected chi connectivity index (χ1v) is 8.29. The van der Waals surface area contributed by atoms with Crippen molar-refractivity contribution in [2.24, 2.45) is 5.92 Å². The highest BCUT2D eigenvalue weighted by molar-refractivity contribution is 5.92. The summed E-state index contributed by atoms with van der Waals surface area (Å²) in [6, 6.07) is 2.87. The van der Waals surface area contributed by atoms with E-state index in [4.69, 9.17) is 0 Å². The minimum absolute atomic E-state index is 0.646. The average molecular weight is 276 g/mol. The van der Waals surface area contributed by atoms with Gasteiger partial charge in [-0.25, -0.2) is 0 Å². The molecule has 2 atom stereocenters. The molecule has 0 aromatic carbocycles. The van der Waals surface area contributed by atoms with Gasteiger partial charge in [-0.15, -0.1) is 0 Å². The van der Waals surface area contributed by atoms with E-state index >= 15 is 0 Å². The van der Waals surface area contributed by atoms with E-state index < -0.39 is 0 Å². The van der Waals surface area contributed by atoms with E-state index in [1.165, 1.54) is 59.8 Å². The molecule has 2 aromatic rings. The van der Waals surface area contributed by atoms with Crippen LogP contribution < -0.4 is 0 Å². The van der Waals surface area contributed by atoms with Gasteiger partial charge in [0.05, 0.1) is 11.2 Å². The average Bonchev–Trinajstić information content (AvgIpc) is 2.78. The van der Waals surface area contributed by atoms with Crippen LogP contribution in [-0.4, -0.2) is 9.55 Å². The van der Waals surface area contributed by atoms with E-state index in [9.17, 15) is 0 Å². The number of hydrogen-bond acceptors (Lipinski definition) is 1. The molecule has 2 nitrogen and oxygen atoms in total. The Morgan fingerprint density at radius 1 is 1.19 bits per heavy atom. The fourth-order valence-electron chi connectivity index (χ4n) is 4.66. The number of nitrogens with zero attached hydrogens (tertiary/aromatic N) is 2. The number of fused-ring (bicyclic) bond motifs is 5. The standard InChI is InChI=1S/C19H20N2/c1-2-7-17-13(4-1)8-9-14-5-3-6-15-16-12-20-11-10-18(16)21(17)19(14)15/h5,8-13,17H,1-4,6-7H2. The molecule has 3 aliphatic rings. The summed E-state index contributed by atoms with van der Waals surface area (Å²) in [5.74, 6) is 0.707. The summed E-state index contributed by atoms with van der Waals surface area (Å²) in [6.07, 6.45) is 19.1. The molecule has 1 saturated carbocycles. The summed E-state index contributed by atoms with van der Waals surface area (Å²) in [7, 11) is 0. The summed E-state index contributed by atoms with van der Waals surface area (Å²) in [5.41, 5.74) is 5.88. The van der Waals surface area contributed by atoms with Crippen LogP contribution >= 0.6 is 0 Å². The molecule has 0 saturated heterocycles. The molecule has 2 heteroatoms. The molecule has 2 unspecified atom stereocenters. The summed E-state index contributed by atoms with van der Waals surface area (Å²) in [6.45, 7) is 0. The van der Waals surface area contributed by atoms with Gasteiger partial charge in [-0.2, -0.15) is 0 Å². The zero-order valence-electron chi connectivity index (χ0n) is 12.3. The van der Waals surface area contributed by atoms with Crippen molar-refractivity contribution in [1.82, 2.24) is 9.55 Å². The Hall–Kier alpha value is -1.83. The van der Waals surface area contributed by atoms with Crippen molar-refractivity contribution in [2.45, 2.75) is 44.6 Å². The fourth-order valence-corrected chi connectivity index (χ4v) is 4.66. The van der Waals surface area contributed by atoms with Gasteiger partial charge in [0, 0.05) is 23.8 Å². The number of aromatic nitrogens is 2. The maximum Gasteiger partial charge on any atom is 0.0524 e. The van der Waals surface area contributed by atoms with Crippen LogP contribution in [0.4, 0.5) is 0 Å². The van der Waals surface area contributed by atoms with Gasteiger partial charge in [0.1, 0.15) is 0 Å². The molecule has 2 aromatic heterocycles. The van der Waals surface area contributed by atoms with Gasteiger partial charge in [0.2, 0.25) is 0 Å². The largest absolute Gasteiger partial charge is 0.336 e. The Kier molecular flexibility index (Phi) is 2.43. The van der Waals surface area contributed by atoms with E-state index in [1.54, 1.807) is 0 Å². The molecule has 1 fully saturated rings. The Morgan fingerprint density at radius 2 is 2.14 bits per heavy atom. The highest BCUT2D eigenvalue weighted by Crippen LogP contribution is 2.45. The number of allylic oxidation sites excluding steroid dienone is 4. The molecule has 21 heavy (non-hydrogen) atoms. The lowest BCUT2D eigenvalue weighted by Crippen LogP contribution is -2.22. The van der Waals surface area contributed by atoms with Gasteiger partial charge in [-0.05, 0) is 48.8 Å². The second kappa shape index (κ2) is 4.33. The molecule has 0 spiro atoms. The SMILES string of the molecule is C1=CC2CCCCC2n2c3c(c4cnccc42)CCC=C13. The van der Waals surface area contributed by atoms with Crippen LogP contribution in [0.1, 0.15) is 49.4 Å². The second-order valence-electron chi connectivity index (χ2n) is 6.66. The molecule has 0 N–H and O–H groups in total. The van der Waals surface area contributed by atoms with Crippen molar-refractivity contribution in [2.75, 3.05) is 0 Å². The predicted molar refractivity (Wildman–Crippen MR) is 86.2 cm³/mol. The summed E-state index contributed by atoms with van der Waals surface area (Å²) in [5, 5.41) is 1.39. The molecule has 106 valence electrons. The Labute approximate surface area is 125 Å². The number of hydrogen-bond donors (Lipinski definition) is 0. The fraction of sp³-hybridized carbons (Fsp3) is 0.421. The van der Waals surface area contributed by atoms with E-state index in [0.717, 1.165) is 6.42 Å². The van der Waals surface area contributed by atoms with Crippen molar-refractivity contribution >= 4 is 16.5 Å². The molecule has 3 heterocycles. The van der Waals surface area contributed by atoms with Gasteiger partial charge in [-0.3, -0.25) is 4.98 Å². The summed E-state index contributed by atoms with van der Waals surface area (Å²) < 4.78 is 2.67. The molecule has 2 aliphatic carbocycles. The van der Waals surface area contributed by atoms with Crippen molar-refractivity contribution in [3.05, 3.63) is 47.9 Å². The van der Waals surface area contributed by atoms with Crippen LogP contribution in [0.5, 0.6) is 0 Å². The lowest BCUT2D eigenvalue weighted by atomic mass is 9.84. The van der Waals surface area contributed by atoms with Crippen LogP contribution in [0.2, 0.25) is 0 Å². The quantitative estimate of drug-likeness (QED) is 0.684. The zero-order valence-corrected chi connectivity index (χ0v) is 12.3. The van der Waals surface area contributed by atoms with E-state index in [1.807, 2.05) is 6.20 Å². The second-order valence-corrected chi connectivity index (χ2v) is 6.66. The monoisotopic (exact) mass is 276 g/mol. The lowest BCUT2D eigenvalue weighted by Gasteiger charge is -2.31. The van der Waals surface area contributed by atoms with Gasteiger partial charge in [0.15, 0.2) is 0 Å². The molecule has 5 rings (SSSR count). The minimum atomic E-state index is 0.646. The summed E-state index contributed by atoms with van der Waals surface area (Å²) in [4.78, 5) is 4.39. The van der Waals surface area contributed by atoms with Gasteiger partial charge < -0.3 is 4.57 Å². The topological polar surface area (TPSA) is 17.8 Å². The van der Waals surface area contributed by atoms with Crippen LogP contribution in [-0.2, 0) is 6.42 Å². The Balaban J connectivity index is 1.88. The molecule has 0 bridgehead atoms. The third kappa shape index (κ3) is 1.56. The van der Waals surface area contributed by atoms with Gasteiger partial charge in [0.25, 0.3) is 0 Å². The predicted octanol–water partition coefficient (Wildman–Crippen LogP) is 4.67. The highest BCUT2D eigenvalue weighted by atomic mass is 15.0. The first kappa shape index (κ1) is 11.8.